The van der Waals surface area contributed by atoms with Gasteiger partial charge in [0, 0.05) is 12.6 Å². The van der Waals surface area contributed by atoms with Gasteiger partial charge in [-0.3, -0.25) is 0 Å². The van der Waals surface area contributed by atoms with Gasteiger partial charge in [-0.15, -0.1) is 0 Å². The second-order valence-corrected chi connectivity index (χ2v) is 3.69. The molecule has 1 aromatic rings. The predicted molar refractivity (Wildman–Crippen MR) is 56.3 cm³/mol. The molecule has 3 N–H and O–H groups in total. The smallest absolute Gasteiger partial charge is 0.159 e. The summed E-state index contributed by atoms with van der Waals surface area (Å²) in [6, 6.07) is 4.06. The normalized spacial score (nSPS) is 12.8. The molecule has 1 unspecified atom stereocenters. The van der Waals surface area contributed by atoms with E-state index >= 15 is 0 Å². The number of hydrogen-bond acceptors (Lipinski definition) is 2. The number of hydrogen-bond donors (Lipinski definition) is 2. The van der Waals surface area contributed by atoms with E-state index < -0.39 is 11.6 Å². The summed E-state index contributed by atoms with van der Waals surface area (Å²) < 4.78 is 25.4. The Kier molecular flexibility index (Phi) is 4.65. The topological polar surface area (TPSA) is 38.0 Å². The number of halogens is 2. The molecule has 1 atom stereocenters. The maximum absolute atomic E-state index is 12.8. The van der Waals surface area contributed by atoms with Gasteiger partial charge in [0.05, 0.1) is 0 Å². The van der Waals surface area contributed by atoms with E-state index in [2.05, 4.69) is 5.32 Å². The molecule has 0 bridgehead atoms. The van der Waals surface area contributed by atoms with Crippen LogP contribution in [0.1, 0.15) is 18.9 Å². The molecule has 0 aliphatic carbocycles. The lowest BCUT2D eigenvalue weighted by Crippen LogP contribution is -2.23. The molecule has 0 amide bonds. The van der Waals surface area contributed by atoms with Crippen molar-refractivity contribution in [2.75, 3.05) is 6.54 Å². The van der Waals surface area contributed by atoms with Crippen LogP contribution in [0.2, 0.25) is 0 Å². The minimum Gasteiger partial charge on any atom is -0.328 e. The number of nitrogens with one attached hydrogen (secondary N) is 1. The lowest BCUT2D eigenvalue weighted by molar-refractivity contribution is 0.505. The zero-order valence-electron chi connectivity index (χ0n) is 8.76. The highest BCUT2D eigenvalue weighted by molar-refractivity contribution is 5.17. The molecule has 0 radical (unpaired) electrons. The molecular weight excluding hydrogens is 198 g/mol. The molecule has 0 saturated carbocycles. The van der Waals surface area contributed by atoms with Crippen LogP contribution in [0.3, 0.4) is 0 Å². The molecule has 84 valence electrons. The first-order chi connectivity index (χ1) is 7.09. The fourth-order valence-corrected chi connectivity index (χ4v) is 1.21. The van der Waals surface area contributed by atoms with E-state index in [-0.39, 0.29) is 6.04 Å². The molecule has 0 heterocycles. The SMILES string of the molecule is CC(N)CCNCc1ccc(F)c(F)c1. The van der Waals surface area contributed by atoms with Crippen LogP contribution in [0, 0.1) is 11.6 Å². The Balaban J connectivity index is 2.35. The molecule has 0 aliphatic heterocycles. The first-order valence-electron chi connectivity index (χ1n) is 5.00. The van der Waals surface area contributed by atoms with Gasteiger partial charge in [-0.2, -0.15) is 0 Å². The van der Waals surface area contributed by atoms with Crippen LogP contribution < -0.4 is 11.1 Å². The van der Waals surface area contributed by atoms with Crippen LogP contribution in [0.15, 0.2) is 18.2 Å². The Hall–Kier alpha value is -1.00. The molecule has 0 spiro atoms. The van der Waals surface area contributed by atoms with Crippen molar-refractivity contribution in [2.45, 2.75) is 25.9 Å². The van der Waals surface area contributed by atoms with Gasteiger partial charge < -0.3 is 11.1 Å². The first kappa shape index (κ1) is 12.1. The van der Waals surface area contributed by atoms with Gasteiger partial charge in [0.25, 0.3) is 0 Å². The highest BCUT2D eigenvalue weighted by Gasteiger charge is 2.02. The van der Waals surface area contributed by atoms with Gasteiger partial charge in [-0.05, 0) is 37.6 Å². The fraction of sp³-hybridized carbons (Fsp3) is 0.455. The third-order valence-electron chi connectivity index (χ3n) is 2.09. The first-order valence-corrected chi connectivity index (χ1v) is 5.00. The third kappa shape index (κ3) is 4.36. The lowest BCUT2D eigenvalue weighted by Gasteiger charge is -2.07. The Morgan fingerprint density at radius 2 is 2.07 bits per heavy atom. The van der Waals surface area contributed by atoms with Crippen LogP contribution in [0.4, 0.5) is 8.78 Å². The summed E-state index contributed by atoms with van der Waals surface area (Å²) in [5.74, 6) is -1.61. The molecule has 0 aromatic heterocycles. The molecule has 1 aromatic carbocycles. The van der Waals surface area contributed by atoms with Crippen molar-refractivity contribution in [1.82, 2.24) is 5.32 Å². The second-order valence-electron chi connectivity index (χ2n) is 3.69. The van der Waals surface area contributed by atoms with E-state index in [9.17, 15) is 8.78 Å². The number of nitrogens with two attached hydrogens (primary N) is 1. The second kappa shape index (κ2) is 5.78. The zero-order valence-corrected chi connectivity index (χ0v) is 8.76. The highest BCUT2D eigenvalue weighted by atomic mass is 19.2. The summed E-state index contributed by atoms with van der Waals surface area (Å²) in [5, 5.41) is 3.11. The van der Waals surface area contributed by atoms with Crippen LogP contribution >= 0.6 is 0 Å². The maximum atomic E-state index is 12.8. The number of benzene rings is 1. The van der Waals surface area contributed by atoms with Crippen molar-refractivity contribution in [3.63, 3.8) is 0 Å². The Morgan fingerprint density at radius 3 is 2.67 bits per heavy atom. The highest BCUT2D eigenvalue weighted by Crippen LogP contribution is 2.08. The van der Waals surface area contributed by atoms with E-state index in [1.54, 1.807) is 6.07 Å². The Bertz CT molecular complexity index is 313. The molecule has 2 nitrogen and oxygen atoms in total. The van der Waals surface area contributed by atoms with E-state index in [0.29, 0.717) is 6.54 Å². The molecule has 0 aliphatic rings. The summed E-state index contributed by atoms with van der Waals surface area (Å²) in [4.78, 5) is 0. The molecule has 15 heavy (non-hydrogen) atoms. The van der Waals surface area contributed by atoms with Crippen molar-refractivity contribution in [1.29, 1.82) is 0 Å². The van der Waals surface area contributed by atoms with E-state index in [0.717, 1.165) is 24.6 Å². The van der Waals surface area contributed by atoms with E-state index in [1.807, 2.05) is 6.92 Å². The largest absolute Gasteiger partial charge is 0.328 e. The van der Waals surface area contributed by atoms with Gasteiger partial charge in [0.2, 0.25) is 0 Å². The standard InChI is InChI=1S/C11H16F2N2/c1-8(14)4-5-15-7-9-2-3-10(12)11(13)6-9/h2-3,6,8,15H,4-5,7,14H2,1H3. The summed E-state index contributed by atoms with van der Waals surface area (Å²) in [5.41, 5.74) is 6.30. The van der Waals surface area contributed by atoms with Gasteiger partial charge >= 0.3 is 0 Å². The summed E-state index contributed by atoms with van der Waals surface area (Å²) in [7, 11) is 0. The molecule has 0 fully saturated rings. The summed E-state index contributed by atoms with van der Waals surface area (Å²) >= 11 is 0. The molecular formula is C11H16F2N2. The fourth-order valence-electron chi connectivity index (χ4n) is 1.21. The van der Waals surface area contributed by atoms with Gasteiger partial charge in [-0.1, -0.05) is 6.07 Å². The maximum Gasteiger partial charge on any atom is 0.159 e. The number of rotatable bonds is 5. The van der Waals surface area contributed by atoms with Gasteiger partial charge in [0.1, 0.15) is 0 Å². The molecule has 0 saturated heterocycles. The van der Waals surface area contributed by atoms with Crippen molar-refractivity contribution < 1.29 is 8.78 Å². The van der Waals surface area contributed by atoms with Crippen LogP contribution in [-0.4, -0.2) is 12.6 Å². The Labute approximate surface area is 88.5 Å². The Morgan fingerprint density at radius 1 is 1.33 bits per heavy atom. The van der Waals surface area contributed by atoms with Crippen molar-refractivity contribution >= 4 is 0 Å². The van der Waals surface area contributed by atoms with Crippen molar-refractivity contribution in [3.05, 3.63) is 35.4 Å². The van der Waals surface area contributed by atoms with Crippen molar-refractivity contribution in [2.24, 2.45) is 5.73 Å². The minimum absolute atomic E-state index is 0.155. The van der Waals surface area contributed by atoms with Crippen LogP contribution in [0.25, 0.3) is 0 Å². The van der Waals surface area contributed by atoms with E-state index in [4.69, 9.17) is 5.73 Å². The summed E-state index contributed by atoms with van der Waals surface area (Å²) in [6.45, 7) is 3.24. The van der Waals surface area contributed by atoms with Gasteiger partial charge in [0.15, 0.2) is 11.6 Å². The quantitative estimate of drug-likeness (QED) is 0.733. The average Bonchev–Trinajstić information content (AvgIpc) is 2.18. The molecule has 1 rings (SSSR count). The monoisotopic (exact) mass is 214 g/mol. The third-order valence-corrected chi connectivity index (χ3v) is 2.09. The zero-order chi connectivity index (χ0) is 11.3. The van der Waals surface area contributed by atoms with Crippen LogP contribution in [-0.2, 0) is 6.54 Å². The van der Waals surface area contributed by atoms with E-state index in [1.165, 1.54) is 6.07 Å². The minimum atomic E-state index is -0.811. The average molecular weight is 214 g/mol. The van der Waals surface area contributed by atoms with Crippen molar-refractivity contribution in [3.8, 4) is 0 Å². The van der Waals surface area contributed by atoms with Crippen LogP contribution in [0.5, 0.6) is 0 Å². The molecule has 4 heteroatoms. The lowest BCUT2D eigenvalue weighted by atomic mass is 10.2. The predicted octanol–water partition coefficient (Wildman–Crippen LogP) is 1.79. The summed E-state index contributed by atoms with van der Waals surface area (Å²) in [6.07, 6.45) is 0.865. The van der Waals surface area contributed by atoms with Gasteiger partial charge in [-0.25, -0.2) is 8.78 Å².